The normalized spacial score (nSPS) is 12.6. The zero-order valence-corrected chi connectivity index (χ0v) is 9.92. The van der Waals surface area contributed by atoms with Crippen LogP contribution < -0.4 is 0 Å². The Labute approximate surface area is 86.8 Å². The highest BCUT2D eigenvalue weighted by Crippen LogP contribution is 2.18. The lowest BCUT2D eigenvalue weighted by molar-refractivity contribution is -0.143. The summed E-state index contributed by atoms with van der Waals surface area (Å²) in [5.41, 5.74) is -0.511. The summed E-state index contributed by atoms with van der Waals surface area (Å²) in [6, 6.07) is 0. The van der Waals surface area contributed by atoms with Crippen molar-refractivity contribution in [1.29, 1.82) is 0 Å². The van der Waals surface area contributed by atoms with Gasteiger partial charge < -0.3 is 9.47 Å². The molecule has 0 rings (SSSR count). The van der Waals surface area contributed by atoms with Crippen LogP contribution in [0.5, 0.6) is 0 Å². The highest BCUT2D eigenvalue weighted by Gasteiger charge is 2.21. The zero-order chi connectivity index (χ0) is 11.2. The number of carbonyl (C=O) groups excluding carboxylic acids is 1. The molecule has 0 unspecified atom stereocenters. The van der Waals surface area contributed by atoms with E-state index in [2.05, 4.69) is 20.8 Å². The molecule has 14 heavy (non-hydrogen) atoms. The molecule has 0 bridgehead atoms. The smallest absolute Gasteiger partial charge is 0.293 e. The van der Waals surface area contributed by atoms with Gasteiger partial charge in [0, 0.05) is 6.42 Å². The summed E-state index contributed by atoms with van der Waals surface area (Å²) >= 11 is 0. The average Bonchev–Trinajstić information content (AvgIpc) is 2.03. The van der Waals surface area contributed by atoms with Gasteiger partial charge in [-0.3, -0.25) is 4.79 Å². The number of ether oxygens (including phenoxy) is 2. The van der Waals surface area contributed by atoms with Crippen molar-refractivity contribution >= 4 is 6.47 Å². The van der Waals surface area contributed by atoms with Gasteiger partial charge >= 0.3 is 0 Å². The van der Waals surface area contributed by atoms with Gasteiger partial charge in [-0.05, 0) is 34.1 Å². The van der Waals surface area contributed by atoms with E-state index in [0.29, 0.717) is 13.1 Å². The molecule has 3 heteroatoms. The first-order valence-corrected chi connectivity index (χ1v) is 5.08. The fourth-order valence-electron chi connectivity index (χ4n) is 0.864. The molecule has 0 amide bonds. The van der Waals surface area contributed by atoms with E-state index in [4.69, 9.17) is 9.47 Å². The van der Waals surface area contributed by atoms with Crippen LogP contribution in [0.1, 0.15) is 47.5 Å². The molecule has 0 aliphatic heterocycles. The molecule has 84 valence electrons. The van der Waals surface area contributed by atoms with Gasteiger partial charge in [-0.1, -0.05) is 6.92 Å². The molecule has 0 aromatic carbocycles. The van der Waals surface area contributed by atoms with Crippen molar-refractivity contribution in [2.75, 3.05) is 6.61 Å². The molecule has 0 atom stereocenters. The fourth-order valence-corrected chi connectivity index (χ4v) is 0.864. The maximum Gasteiger partial charge on any atom is 0.293 e. The Morgan fingerprint density at radius 3 is 2.14 bits per heavy atom. The van der Waals surface area contributed by atoms with Gasteiger partial charge in [-0.2, -0.15) is 0 Å². The minimum atomic E-state index is -0.425. The van der Waals surface area contributed by atoms with Crippen LogP contribution in [0.25, 0.3) is 0 Å². The second kappa shape index (κ2) is 5.35. The molecule has 0 aliphatic rings. The van der Waals surface area contributed by atoms with Crippen molar-refractivity contribution in [3.05, 3.63) is 0 Å². The molecule has 0 spiro atoms. The standard InChI is InChI=1S/C11H22O3/c1-6-10(2,3)13-8-7-11(4,5)14-9-12/h9H,6-8H2,1-5H3. The topological polar surface area (TPSA) is 35.5 Å². The summed E-state index contributed by atoms with van der Waals surface area (Å²) < 4.78 is 10.6. The predicted molar refractivity (Wildman–Crippen MR) is 56.2 cm³/mol. The van der Waals surface area contributed by atoms with E-state index >= 15 is 0 Å². The molecule has 0 aromatic heterocycles. The van der Waals surface area contributed by atoms with Crippen molar-refractivity contribution in [2.45, 2.75) is 58.7 Å². The van der Waals surface area contributed by atoms with Crippen LogP contribution in [0.15, 0.2) is 0 Å². The Hall–Kier alpha value is -0.570. The largest absolute Gasteiger partial charge is 0.462 e. The molecule has 0 radical (unpaired) electrons. The Morgan fingerprint density at radius 1 is 1.14 bits per heavy atom. The fraction of sp³-hybridized carbons (Fsp3) is 0.909. The lowest BCUT2D eigenvalue weighted by atomic mass is 10.0. The van der Waals surface area contributed by atoms with Crippen LogP contribution in [-0.2, 0) is 14.3 Å². The molecular weight excluding hydrogens is 180 g/mol. The van der Waals surface area contributed by atoms with Crippen molar-refractivity contribution in [1.82, 2.24) is 0 Å². The summed E-state index contributed by atoms with van der Waals surface area (Å²) in [4.78, 5) is 10.2. The molecule has 3 nitrogen and oxygen atoms in total. The van der Waals surface area contributed by atoms with Crippen molar-refractivity contribution in [3.8, 4) is 0 Å². The maximum absolute atomic E-state index is 10.2. The van der Waals surface area contributed by atoms with Crippen molar-refractivity contribution in [2.24, 2.45) is 0 Å². The number of hydrogen-bond donors (Lipinski definition) is 0. The van der Waals surface area contributed by atoms with Crippen LogP contribution in [-0.4, -0.2) is 24.3 Å². The SMILES string of the molecule is CCC(C)(C)OCCC(C)(C)OC=O. The molecule has 0 N–H and O–H groups in total. The van der Waals surface area contributed by atoms with Gasteiger partial charge in [-0.25, -0.2) is 0 Å². The highest BCUT2D eigenvalue weighted by atomic mass is 16.5. The van der Waals surface area contributed by atoms with E-state index in [9.17, 15) is 4.79 Å². The zero-order valence-electron chi connectivity index (χ0n) is 9.92. The number of carbonyl (C=O) groups is 1. The lowest BCUT2D eigenvalue weighted by Gasteiger charge is -2.27. The first kappa shape index (κ1) is 13.4. The van der Waals surface area contributed by atoms with Gasteiger partial charge in [0.15, 0.2) is 0 Å². The quantitative estimate of drug-likeness (QED) is 0.595. The summed E-state index contributed by atoms with van der Waals surface area (Å²) in [7, 11) is 0. The molecule has 0 saturated carbocycles. The van der Waals surface area contributed by atoms with E-state index < -0.39 is 5.60 Å². The first-order valence-electron chi connectivity index (χ1n) is 5.08. The van der Waals surface area contributed by atoms with E-state index in [1.54, 1.807) is 0 Å². The van der Waals surface area contributed by atoms with E-state index in [1.165, 1.54) is 0 Å². The molecule has 0 fully saturated rings. The second-order valence-corrected chi connectivity index (χ2v) is 4.69. The van der Waals surface area contributed by atoms with Gasteiger partial charge in [0.25, 0.3) is 6.47 Å². The Balaban J connectivity index is 3.78. The van der Waals surface area contributed by atoms with Gasteiger partial charge in [0.2, 0.25) is 0 Å². The van der Waals surface area contributed by atoms with Crippen LogP contribution >= 0.6 is 0 Å². The Morgan fingerprint density at radius 2 is 1.71 bits per heavy atom. The summed E-state index contributed by atoms with van der Waals surface area (Å²) in [6.07, 6.45) is 1.69. The van der Waals surface area contributed by atoms with E-state index in [-0.39, 0.29) is 5.60 Å². The Bertz CT molecular complexity index is 173. The van der Waals surface area contributed by atoms with Crippen LogP contribution in [0.3, 0.4) is 0 Å². The van der Waals surface area contributed by atoms with Gasteiger partial charge in [-0.15, -0.1) is 0 Å². The monoisotopic (exact) mass is 202 g/mol. The predicted octanol–water partition coefficient (Wildman–Crippen LogP) is 2.53. The third-order valence-corrected chi connectivity index (χ3v) is 2.42. The molecule has 0 heterocycles. The maximum atomic E-state index is 10.2. The number of hydrogen-bond acceptors (Lipinski definition) is 3. The summed E-state index contributed by atoms with van der Waals surface area (Å²) in [6.45, 7) is 11.1. The summed E-state index contributed by atoms with van der Waals surface area (Å²) in [5, 5.41) is 0. The van der Waals surface area contributed by atoms with E-state index in [0.717, 1.165) is 12.8 Å². The first-order chi connectivity index (χ1) is 6.33. The van der Waals surface area contributed by atoms with Gasteiger partial charge in [0.05, 0.1) is 12.2 Å². The molecule has 0 aromatic rings. The van der Waals surface area contributed by atoms with Crippen LogP contribution in [0.2, 0.25) is 0 Å². The van der Waals surface area contributed by atoms with Crippen molar-refractivity contribution in [3.63, 3.8) is 0 Å². The van der Waals surface area contributed by atoms with Crippen LogP contribution in [0.4, 0.5) is 0 Å². The van der Waals surface area contributed by atoms with Gasteiger partial charge in [0.1, 0.15) is 5.60 Å². The highest BCUT2D eigenvalue weighted by molar-refractivity contribution is 5.38. The Kier molecular flexibility index (Phi) is 5.13. The molecule has 0 aliphatic carbocycles. The minimum absolute atomic E-state index is 0.0861. The lowest BCUT2D eigenvalue weighted by Crippen LogP contribution is -2.30. The van der Waals surface area contributed by atoms with E-state index in [1.807, 2.05) is 13.8 Å². The second-order valence-electron chi connectivity index (χ2n) is 4.69. The third kappa shape index (κ3) is 5.97. The van der Waals surface area contributed by atoms with Crippen molar-refractivity contribution < 1.29 is 14.3 Å². The third-order valence-electron chi connectivity index (χ3n) is 2.42. The average molecular weight is 202 g/mol. The van der Waals surface area contributed by atoms with Crippen LogP contribution in [0, 0.1) is 0 Å². The molecular formula is C11H22O3. The molecule has 0 saturated heterocycles. The minimum Gasteiger partial charge on any atom is -0.462 e. The number of rotatable bonds is 7. The summed E-state index contributed by atoms with van der Waals surface area (Å²) in [5.74, 6) is 0.